The van der Waals surface area contributed by atoms with Gasteiger partial charge in [0, 0.05) is 5.56 Å². The van der Waals surface area contributed by atoms with Gasteiger partial charge in [-0.3, -0.25) is 0 Å². The van der Waals surface area contributed by atoms with E-state index in [-0.39, 0.29) is 0 Å². The van der Waals surface area contributed by atoms with Crippen LogP contribution in [0.25, 0.3) is 0 Å². The Morgan fingerprint density at radius 1 is 1.18 bits per heavy atom. The third kappa shape index (κ3) is 5.60. The summed E-state index contributed by atoms with van der Waals surface area (Å²) in [7, 11) is 0. The summed E-state index contributed by atoms with van der Waals surface area (Å²) in [6.45, 7) is 2.21. The average molecular weight is 295 g/mol. The third-order valence-electron chi connectivity index (χ3n) is 2.87. The number of aliphatic hydroxyl groups excluding tert-OH is 1. The van der Waals surface area contributed by atoms with Gasteiger partial charge >= 0.3 is 0 Å². The Kier molecular flexibility index (Phi) is 7.52. The van der Waals surface area contributed by atoms with Crippen molar-refractivity contribution in [2.24, 2.45) is 0 Å². The van der Waals surface area contributed by atoms with E-state index in [2.05, 4.69) is 6.92 Å². The second-order valence-electron chi connectivity index (χ2n) is 4.35. The predicted octanol–water partition coefficient (Wildman–Crippen LogP) is 5.84. The van der Waals surface area contributed by atoms with Gasteiger partial charge in [0.2, 0.25) is 0 Å². The zero-order valence-electron chi connectivity index (χ0n) is 10.2. The number of halogens is 2. The monoisotopic (exact) mass is 294 g/mol. The molecule has 1 nitrogen and oxygen atoms in total. The molecule has 0 bridgehead atoms. The molecule has 0 saturated heterocycles. The second kappa shape index (κ2) is 8.36. The first-order valence-corrected chi connectivity index (χ1v) is 7.85. The standard InChI is InChI=1S/C13H20Cl2OS/c1-2-3-4-5-6-7-8-11(16)10-9-12(14)17-13(10)15/h9,11,16H,2-8H2,1H3. The van der Waals surface area contributed by atoms with E-state index in [0.717, 1.165) is 18.4 Å². The summed E-state index contributed by atoms with van der Waals surface area (Å²) >= 11 is 13.2. The smallest absolute Gasteiger partial charge is 0.100 e. The minimum atomic E-state index is -0.461. The lowest BCUT2D eigenvalue weighted by Crippen LogP contribution is -1.96. The molecule has 0 saturated carbocycles. The van der Waals surface area contributed by atoms with Gasteiger partial charge in [0.25, 0.3) is 0 Å². The third-order valence-corrected chi connectivity index (χ3v) is 4.39. The van der Waals surface area contributed by atoms with Crippen LogP contribution in [-0.4, -0.2) is 5.11 Å². The number of rotatable bonds is 8. The lowest BCUT2D eigenvalue weighted by atomic mass is 10.0. The highest BCUT2D eigenvalue weighted by molar-refractivity contribution is 7.20. The summed E-state index contributed by atoms with van der Waals surface area (Å²) in [5.41, 5.74) is 0.787. The normalized spacial score (nSPS) is 12.9. The fourth-order valence-electron chi connectivity index (χ4n) is 1.85. The maximum atomic E-state index is 9.98. The number of hydrogen-bond acceptors (Lipinski definition) is 2. The topological polar surface area (TPSA) is 20.2 Å². The van der Waals surface area contributed by atoms with Gasteiger partial charge in [0.1, 0.15) is 4.34 Å². The molecule has 0 radical (unpaired) electrons. The van der Waals surface area contributed by atoms with Crippen molar-refractivity contribution >= 4 is 34.5 Å². The largest absolute Gasteiger partial charge is 0.388 e. The van der Waals surface area contributed by atoms with E-state index < -0.39 is 6.10 Å². The van der Waals surface area contributed by atoms with Crippen LogP contribution in [0, 0.1) is 0 Å². The Hall–Kier alpha value is 0.240. The molecule has 1 unspecified atom stereocenters. The quantitative estimate of drug-likeness (QED) is 0.597. The van der Waals surface area contributed by atoms with Crippen molar-refractivity contribution in [3.63, 3.8) is 0 Å². The van der Waals surface area contributed by atoms with Crippen molar-refractivity contribution < 1.29 is 5.11 Å². The van der Waals surface area contributed by atoms with Crippen molar-refractivity contribution in [2.75, 3.05) is 0 Å². The fraction of sp³-hybridized carbons (Fsp3) is 0.692. The zero-order valence-corrected chi connectivity index (χ0v) is 12.5. The zero-order chi connectivity index (χ0) is 12.7. The number of unbranched alkanes of at least 4 members (excludes halogenated alkanes) is 5. The Labute approximate surface area is 118 Å². The predicted molar refractivity (Wildman–Crippen MR) is 77.3 cm³/mol. The average Bonchev–Trinajstić information content (AvgIpc) is 2.62. The van der Waals surface area contributed by atoms with Crippen LogP contribution >= 0.6 is 34.5 Å². The van der Waals surface area contributed by atoms with Gasteiger partial charge in [-0.1, -0.05) is 68.7 Å². The van der Waals surface area contributed by atoms with Crippen LogP contribution in [0.1, 0.15) is 63.5 Å². The molecule has 1 atom stereocenters. The van der Waals surface area contributed by atoms with E-state index in [1.807, 2.05) is 0 Å². The molecular weight excluding hydrogens is 275 g/mol. The summed E-state index contributed by atoms with van der Waals surface area (Å²) in [5, 5.41) is 9.98. The van der Waals surface area contributed by atoms with Crippen LogP contribution in [0.2, 0.25) is 8.67 Å². The fourth-order valence-corrected chi connectivity index (χ4v) is 3.42. The van der Waals surface area contributed by atoms with Crippen LogP contribution in [-0.2, 0) is 0 Å². The van der Waals surface area contributed by atoms with Gasteiger partial charge in [-0.05, 0) is 12.5 Å². The first kappa shape index (κ1) is 15.3. The van der Waals surface area contributed by atoms with Gasteiger partial charge in [-0.25, -0.2) is 0 Å². The van der Waals surface area contributed by atoms with Crippen LogP contribution < -0.4 is 0 Å². The van der Waals surface area contributed by atoms with Crippen LogP contribution in [0.15, 0.2) is 6.07 Å². The highest BCUT2D eigenvalue weighted by Crippen LogP contribution is 2.36. The highest BCUT2D eigenvalue weighted by atomic mass is 35.5. The molecule has 4 heteroatoms. The van der Waals surface area contributed by atoms with E-state index in [1.165, 1.54) is 43.4 Å². The van der Waals surface area contributed by atoms with Gasteiger partial charge in [0.15, 0.2) is 0 Å². The van der Waals surface area contributed by atoms with Gasteiger partial charge < -0.3 is 5.11 Å². The summed E-state index contributed by atoms with van der Waals surface area (Å²) in [6, 6.07) is 1.77. The molecule has 0 aromatic carbocycles. The van der Waals surface area contributed by atoms with Crippen LogP contribution in [0.4, 0.5) is 0 Å². The Balaban J connectivity index is 2.21. The van der Waals surface area contributed by atoms with Crippen molar-refractivity contribution in [1.29, 1.82) is 0 Å². The Bertz CT molecular complexity index is 325. The first-order chi connectivity index (χ1) is 8.15. The maximum absolute atomic E-state index is 9.98. The Morgan fingerprint density at radius 3 is 2.41 bits per heavy atom. The van der Waals surface area contributed by atoms with Crippen molar-refractivity contribution in [2.45, 2.75) is 58.0 Å². The second-order valence-corrected chi connectivity index (χ2v) is 6.64. The molecule has 1 rings (SSSR count). The van der Waals surface area contributed by atoms with Gasteiger partial charge in [-0.15, -0.1) is 11.3 Å². The highest BCUT2D eigenvalue weighted by Gasteiger charge is 2.14. The lowest BCUT2D eigenvalue weighted by molar-refractivity contribution is 0.164. The van der Waals surface area contributed by atoms with E-state index in [0.29, 0.717) is 8.67 Å². The first-order valence-electron chi connectivity index (χ1n) is 6.28. The van der Waals surface area contributed by atoms with Gasteiger partial charge in [0.05, 0.1) is 10.4 Å². The van der Waals surface area contributed by atoms with E-state index in [4.69, 9.17) is 23.2 Å². The molecule has 0 spiro atoms. The lowest BCUT2D eigenvalue weighted by Gasteiger charge is -2.09. The van der Waals surface area contributed by atoms with E-state index in [9.17, 15) is 5.11 Å². The summed E-state index contributed by atoms with van der Waals surface area (Å²) in [6.07, 6.45) is 7.70. The number of aliphatic hydroxyl groups is 1. The van der Waals surface area contributed by atoms with Gasteiger partial charge in [-0.2, -0.15) is 0 Å². The summed E-state index contributed by atoms with van der Waals surface area (Å²) in [4.78, 5) is 0. The molecule has 0 fully saturated rings. The molecule has 17 heavy (non-hydrogen) atoms. The molecule has 1 heterocycles. The van der Waals surface area contributed by atoms with Crippen LogP contribution in [0.5, 0.6) is 0 Å². The van der Waals surface area contributed by atoms with Crippen molar-refractivity contribution in [3.05, 3.63) is 20.3 Å². The molecule has 0 aliphatic heterocycles. The molecule has 0 aliphatic rings. The minimum absolute atomic E-state index is 0.461. The minimum Gasteiger partial charge on any atom is -0.388 e. The molecular formula is C13H20Cl2OS. The van der Waals surface area contributed by atoms with E-state index in [1.54, 1.807) is 6.07 Å². The summed E-state index contributed by atoms with van der Waals surface area (Å²) < 4.78 is 1.26. The van der Waals surface area contributed by atoms with E-state index >= 15 is 0 Å². The SMILES string of the molecule is CCCCCCCCC(O)c1cc(Cl)sc1Cl. The molecule has 0 aliphatic carbocycles. The molecule has 98 valence electrons. The number of thiophene rings is 1. The maximum Gasteiger partial charge on any atom is 0.100 e. The molecule has 1 N–H and O–H groups in total. The molecule has 1 aromatic rings. The number of hydrogen-bond donors (Lipinski definition) is 1. The van der Waals surface area contributed by atoms with Crippen molar-refractivity contribution in [3.8, 4) is 0 Å². The molecule has 1 aromatic heterocycles. The van der Waals surface area contributed by atoms with Crippen molar-refractivity contribution in [1.82, 2.24) is 0 Å². The van der Waals surface area contributed by atoms with Crippen LogP contribution in [0.3, 0.4) is 0 Å². The molecule has 0 amide bonds. The Morgan fingerprint density at radius 2 is 1.82 bits per heavy atom. The summed E-state index contributed by atoms with van der Waals surface area (Å²) in [5.74, 6) is 0.